The van der Waals surface area contributed by atoms with Crippen molar-refractivity contribution in [1.82, 2.24) is 4.90 Å². The van der Waals surface area contributed by atoms with Crippen molar-refractivity contribution in [2.24, 2.45) is 11.7 Å². The lowest BCUT2D eigenvalue weighted by atomic mass is 10.0. The molecule has 2 atom stereocenters. The second-order valence-corrected chi connectivity index (χ2v) is 5.64. The summed E-state index contributed by atoms with van der Waals surface area (Å²) in [5.41, 5.74) is 8.31. The predicted octanol–water partition coefficient (Wildman–Crippen LogP) is 2.51. The summed E-state index contributed by atoms with van der Waals surface area (Å²) in [4.78, 5) is 14.2. The Kier molecular flexibility index (Phi) is 4.59. The lowest BCUT2D eigenvalue weighted by molar-refractivity contribution is -0.132. The van der Waals surface area contributed by atoms with E-state index in [4.69, 9.17) is 5.73 Å². The van der Waals surface area contributed by atoms with Gasteiger partial charge in [0.05, 0.1) is 6.04 Å². The molecule has 0 aromatic heterocycles. The number of benzene rings is 1. The maximum Gasteiger partial charge on any atom is 0.222 e. The molecule has 2 unspecified atom stereocenters. The molecule has 19 heavy (non-hydrogen) atoms. The third-order valence-electron chi connectivity index (χ3n) is 4.22. The van der Waals surface area contributed by atoms with Crippen LogP contribution in [-0.2, 0) is 11.2 Å². The highest BCUT2D eigenvalue weighted by Crippen LogP contribution is 2.35. The predicted molar refractivity (Wildman–Crippen MR) is 77.7 cm³/mol. The monoisotopic (exact) mass is 260 g/mol. The average molecular weight is 260 g/mol. The largest absolute Gasteiger partial charge is 0.339 e. The molecule has 0 saturated carbocycles. The van der Waals surface area contributed by atoms with Crippen molar-refractivity contribution >= 4 is 5.91 Å². The van der Waals surface area contributed by atoms with Crippen molar-refractivity contribution < 1.29 is 4.79 Å². The number of aryl methyl sites for hydroxylation is 1. The minimum absolute atomic E-state index is 0.238. The second kappa shape index (κ2) is 6.20. The van der Waals surface area contributed by atoms with Crippen molar-refractivity contribution in [3.05, 3.63) is 35.4 Å². The van der Waals surface area contributed by atoms with Gasteiger partial charge in [-0.3, -0.25) is 4.79 Å². The molecule has 1 aromatic carbocycles. The molecule has 3 heteroatoms. The molecular weight excluding hydrogens is 236 g/mol. The van der Waals surface area contributed by atoms with Gasteiger partial charge in [-0.1, -0.05) is 31.2 Å². The Bertz CT molecular complexity index is 444. The van der Waals surface area contributed by atoms with Gasteiger partial charge in [0.15, 0.2) is 0 Å². The highest BCUT2D eigenvalue weighted by atomic mass is 16.2. The van der Waals surface area contributed by atoms with Crippen LogP contribution in [0.25, 0.3) is 0 Å². The topological polar surface area (TPSA) is 46.3 Å². The van der Waals surface area contributed by atoms with Gasteiger partial charge in [-0.05, 0) is 42.9 Å². The maximum absolute atomic E-state index is 12.2. The fraction of sp³-hybridized carbons (Fsp3) is 0.562. The van der Waals surface area contributed by atoms with E-state index in [0.29, 0.717) is 18.9 Å². The second-order valence-electron chi connectivity index (χ2n) is 5.64. The quantitative estimate of drug-likeness (QED) is 0.884. The molecule has 1 aromatic rings. The first-order valence-electron chi connectivity index (χ1n) is 7.17. The molecular formula is C16H24N2O. The first-order chi connectivity index (χ1) is 9.13. The van der Waals surface area contributed by atoms with Crippen LogP contribution in [0.3, 0.4) is 0 Å². The van der Waals surface area contributed by atoms with Crippen LogP contribution < -0.4 is 5.73 Å². The van der Waals surface area contributed by atoms with Gasteiger partial charge in [0, 0.05) is 13.5 Å². The summed E-state index contributed by atoms with van der Waals surface area (Å²) in [5.74, 6) is 0.662. The number of carbonyl (C=O) groups is 1. The number of hydrogen-bond acceptors (Lipinski definition) is 2. The molecule has 0 heterocycles. The summed E-state index contributed by atoms with van der Waals surface area (Å²) in [6.45, 7) is 2.75. The molecule has 0 bridgehead atoms. The molecule has 1 aliphatic rings. The molecule has 0 radical (unpaired) electrons. The Labute approximate surface area is 115 Å². The van der Waals surface area contributed by atoms with E-state index < -0.39 is 0 Å². The Hall–Kier alpha value is -1.35. The van der Waals surface area contributed by atoms with E-state index in [9.17, 15) is 4.79 Å². The lowest BCUT2D eigenvalue weighted by Gasteiger charge is -2.26. The van der Waals surface area contributed by atoms with Gasteiger partial charge in [0.25, 0.3) is 0 Å². The molecule has 2 N–H and O–H groups in total. The van der Waals surface area contributed by atoms with Crippen molar-refractivity contribution in [1.29, 1.82) is 0 Å². The zero-order chi connectivity index (χ0) is 13.8. The molecule has 1 amide bonds. The van der Waals surface area contributed by atoms with E-state index in [1.807, 2.05) is 11.9 Å². The van der Waals surface area contributed by atoms with E-state index >= 15 is 0 Å². The third-order valence-corrected chi connectivity index (χ3v) is 4.22. The number of amides is 1. The standard InChI is InChI=1S/C16H24N2O/c1-12(11-17)7-10-16(19)18(2)15-9-8-13-5-3-4-6-14(13)15/h3-6,12,15H,7-11,17H2,1-2H3. The summed E-state index contributed by atoms with van der Waals surface area (Å²) < 4.78 is 0. The van der Waals surface area contributed by atoms with Crippen LogP contribution in [0.5, 0.6) is 0 Å². The molecule has 0 spiro atoms. The number of fused-ring (bicyclic) bond motifs is 1. The van der Waals surface area contributed by atoms with Gasteiger partial charge in [-0.25, -0.2) is 0 Å². The number of hydrogen-bond donors (Lipinski definition) is 1. The molecule has 3 nitrogen and oxygen atoms in total. The maximum atomic E-state index is 12.2. The molecule has 0 saturated heterocycles. The van der Waals surface area contributed by atoms with E-state index in [1.165, 1.54) is 11.1 Å². The van der Waals surface area contributed by atoms with Gasteiger partial charge in [0.1, 0.15) is 0 Å². The SMILES string of the molecule is CC(CN)CCC(=O)N(C)C1CCc2ccccc21. The van der Waals surface area contributed by atoms with Gasteiger partial charge >= 0.3 is 0 Å². The fourth-order valence-electron chi connectivity index (χ4n) is 2.77. The fourth-order valence-corrected chi connectivity index (χ4v) is 2.77. The Balaban J connectivity index is 1.97. The van der Waals surface area contributed by atoms with Gasteiger partial charge in [0.2, 0.25) is 5.91 Å². The van der Waals surface area contributed by atoms with E-state index in [-0.39, 0.29) is 11.9 Å². The Morgan fingerprint density at radius 3 is 2.95 bits per heavy atom. The third kappa shape index (κ3) is 3.16. The van der Waals surface area contributed by atoms with E-state index in [2.05, 4.69) is 31.2 Å². The lowest BCUT2D eigenvalue weighted by Crippen LogP contribution is -2.30. The van der Waals surface area contributed by atoms with Gasteiger partial charge in [-0.2, -0.15) is 0 Å². The van der Waals surface area contributed by atoms with Crippen molar-refractivity contribution in [3.8, 4) is 0 Å². The molecule has 0 aliphatic heterocycles. The first kappa shape index (κ1) is 14.1. The van der Waals surface area contributed by atoms with Crippen LogP contribution in [0.1, 0.15) is 43.4 Å². The van der Waals surface area contributed by atoms with E-state index in [0.717, 1.165) is 19.3 Å². The number of carbonyl (C=O) groups excluding carboxylic acids is 1. The minimum Gasteiger partial charge on any atom is -0.339 e. The molecule has 104 valence electrons. The number of nitrogens with two attached hydrogens (primary N) is 1. The molecule has 0 fully saturated rings. The summed E-state index contributed by atoms with van der Waals surface area (Å²) in [7, 11) is 1.93. The summed E-state index contributed by atoms with van der Waals surface area (Å²) in [5, 5.41) is 0. The van der Waals surface area contributed by atoms with Crippen LogP contribution in [0.15, 0.2) is 24.3 Å². The van der Waals surface area contributed by atoms with Crippen molar-refractivity contribution in [3.63, 3.8) is 0 Å². The van der Waals surface area contributed by atoms with Crippen LogP contribution in [0.2, 0.25) is 0 Å². The van der Waals surface area contributed by atoms with Crippen LogP contribution in [0.4, 0.5) is 0 Å². The average Bonchev–Trinajstić information content (AvgIpc) is 2.87. The Morgan fingerprint density at radius 2 is 2.21 bits per heavy atom. The van der Waals surface area contributed by atoms with Gasteiger partial charge in [-0.15, -0.1) is 0 Å². The molecule has 2 rings (SSSR count). The molecule has 1 aliphatic carbocycles. The summed E-state index contributed by atoms with van der Waals surface area (Å²) in [6, 6.07) is 8.72. The smallest absolute Gasteiger partial charge is 0.222 e. The van der Waals surface area contributed by atoms with Crippen LogP contribution >= 0.6 is 0 Å². The van der Waals surface area contributed by atoms with E-state index in [1.54, 1.807) is 0 Å². The minimum atomic E-state index is 0.238. The first-order valence-corrected chi connectivity index (χ1v) is 7.17. The highest BCUT2D eigenvalue weighted by molar-refractivity contribution is 5.76. The summed E-state index contributed by atoms with van der Waals surface area (Å²) in [6.07, 6.45) is 3.62. The van der Waals surface area contributed by atoms with Crippen molar-refractivity contribution in [2.45, 2.75) is 38.6 Å². The normalized spacial score (nSPS) is 19.0. The zero-order valence-corrected chi connectivity index (χ0v) is 11.9. The van der Waals surface area contributed by atoms with Crippen LogP contribution in [0, 0.1) is 5.92 Å². The van der Waals surface area contributed by atoms with Gasteiger partial charge < -0.3 is 10.6 Å². The summed E-state index contributed by atoms with van der Waals surface area (Å²) >= 11 is 0. The highest BCUT2D eigenvalue weighted by Gasteiger charge is 2.27. The van der Waals surface area contributed by atoms with Crippen molar-refractivity contribution in [2.75, 3.05) is 13.6 Å². The number of rotatable bonds is 5. The Morgan fingerprint density at radius 1 is 1.47 bits per heavy atom. The van der Waals surface area contributed by atoms with Crippen LogP contribution in [-0.4, -0.2) is 24.4 Å². The zero-order valence-electron chi connectivity index (χ0n) is 11.9. The number of nitrogens with zero attached hydrogens (tertiary/aromatic N) is 1.